The summed E-state index contributed by atoms with van der Waals surface area (Å²) >= 11 is 5.87. The second-order valence-corrected chi connectivity index (χ2v) is 11.1. The van der Waals surface area contributed by atoms with E-state index in [-0.39, 0.29) is 45.8 Å². The van der Waals surface area contributed by atoms with E-state index in [1.807, 2.05) is 0 Å². The lowest BCUT2D eigenvalue weighted by Gasteiger charge is -2.28. The largest absolute Gasteiger partial charge is 0.416 e. The van der Waals surface area contributed by atoms with Gasteiger partial charge in [-0.05, 0) is 65.6 Å². The van der Waals surface area contributed by atoms with Crippen molar-refractivity contribution >= 4 is 41.0 Å². The number of hydrogen-bond acceptors (Lipinski definition) is 9. The van der Waals surface area contributed by atoms with E-state index in [9.17, 15) is 37.7 Å². The number of allylic oxidation sites excluding steroid dienone is 1. The Morgan fingerprint density at radius 2 is 1.66 bits per heavy atom. The Morgan fingerprint density at radius 3 is 2.25 bits per heavy atom. The number of carbonyl (C=O) groups excluding carboxylic acids is 1. The van der Waals surface area contributed by atoms with Gasteiger partial charge in [0.15, 0.2) is 0 Å². The Balaban J connectivity index is 1.80. The highest BCUT2D eigenvalue weighted by molar-refractivity contribution is 8.00. The van der Waals surface area contributed by atoms with E-state index in [2.05, 4.69) is 10.6 Å². The third-order valence-corrected chi connectivity index (χ3v) is 7.51. The molecule has 1 atom stereocenters. The highest BCUT2D eigenvalue weighted by Gasteiger charge is 2.47. The number of anilines is 1. The first-order chi connectivity index (χ1) is 20.6. The minimum Gasteiger partial charge on any atom is -0.394 e. The molecule has 0 aliphatic carbocycles. The summed E-state index contributed by atoms with van der Waals surface area (Å²) in [5.41, 5.74) is 0.428. The van der Waals surface area contributed by atoms with Crippen molar-refractivity contribution in [3.63, 3.8) is 0 Å². The predicted octanol–water partition coefficient (Wildman–Crippen LogP) is 3.82. The SMILES string of the molecule is O=C(NC(CO)c1ccc(SC(O)(O)C(O)(O)O)cc1)c1ccc(NCCF)c(/C=C/Cc2ccc(Cl)cc2C(F)(F)F)c1. The zero-order chi connectivity index (χ0) is 32.7. The number of benzene rings is 3. The highest BCUT2D eigenvalue weighted by atomic mass is 35.5. The highest BCUT2D eigenvalue weighted by Crippen LogP contribution is 2.36. The fraction of sp³-hybridized carbons (Fsp3) is 0.276. The molecule has 8 N–H and O–H groups in total. The third-order valence-electron chi connectivity index (χ3n) is 6.20. The van der Waals surface area contributed by atoms with Crippen LogP contribution in [-0.4, -0.2) is 67.5 Å². The zero-order valence-electron chi connectivity index (χ0n) is 22.7. The molecule has 44 heavy (non-hydrogen) atoms. The lowest BCUT2D eigenvalue weighted by molar-refractivity contribution is -0.411. The summed E-state index contributed by atoms with van der Waals surface area (Å²) in [5.74, 6) is -4.44. The van der Waals surface area contributed by atoms with Gasteiger partial charge in [0.25, 0.3) is 5.91 Å². The Bertz CT molecular complexity index is 1470. The number of hydrogen-bond donors (Lipinski definition) is 8. The van der Waals surface area contributed by atoms with Crippen LogP contribution in [0, 0.1) is 0 Å². The van der Waals surface area contributed by atoms with Gasteiger partial charge in [0, 0.05) is 27.7 Å². The molecule has 3 aromatic carbocycles. The minimum absolute atomic E-state index is 0.0207. The maximum atomic E-state index is 13.5. The third kappa shape index (κ3) is 9.39. The molecule has 0 aliphatic rings. The van der Waals surface area contributed by atoms with Crippen LogP contribution in [-0.2, 0) is 12.6 Å². The summed E-state index contributed by atoms with van der Waals surface area (Å²) in [7, 11) is 0. The Labute approximate surface area is 258 Å². The van der Waals surface area contributed by atoms with Gasteiger partial charge in [-0.2, -0.15) is 13.2 Å². The average molecular weight is 661 g/mol. The van der Waals surface area contributed by atoms with Crippen LogP contribution in [0.2, 0.25) is 5.02 Å². The molecule has 0 aromatic heterocycles. The van der Waals surface area contributed by atoms with E-state index in [0.717, 1.165) is 6.07 Å². The van der Waals surface area contributed by atoms with Gasteiger partial charge in [-0.3, -0.25) is 4.79 Å². The molecule has 0 heterocycles. The van der Waals surface area contributed by atoms with Crippen LogP contribution in [0.25, 0.3) is 6.08 Å². The fourth-order valence-corrected chi connectivity index (χ4v) is 4.87. The minimum atomic E-state index is -4.62. The summed E-state index contributed by atoms with van der Waals surface area (Å²) in [6, 6.07) is 12.4. The second-order valence-electron chi connectivity index (χ2n) is 9.45. The Hall–Kier alpha value is -3.21. The van der Waals surface area contributed by atoms with Crippen LogP contribution in [0.15, 0.2) is 71.6 Å². The Kier molecular flexibility index (Phi) is 11.8. The molecule has 9 nitrogen and oxygen atoms in total. The lowest BCUT2D eigenvalue weighted by atomic mass is 10.0. The van der Waals surface area contributed by atoms with Gasteiger partial charge < -0.3 is 41.3 Å². The number of thioether (sulfide) groups is 1. The number of halogens is 5. The molecule has 1 unspecified atom stereocenters. The van der Waals surface area contributed by atoms with Crippen LogP contribution in [0.1, 0.15) is 38.7 Å². The van der Waals surface area contributed by atoms with Crippen LogP contribution >= 0.6 is 23.4 Å². The molecule has 0 saturated heterocycles. The summed E-state index contributed by atoms with van der Waals surface area (Å²) in [5, 5.41) is 58.4. The predicted molar refractivity (Wildman–Crippen MR) is 156 cm³/mol. The molecule has 0 radical (unpaired) electrons. The van der Waals surface area contributed by atoms with Crippen molar-refractivity contribution in [3.05, 3.63) is 99.6 Å². The van der Waals surface area contributed by atoms with Crippen molar-refractivity contribution in [2.75, 3.05) is 25.1 Å². The number of alkyl halides is 4. The molecule has 1 amide bonds. The number of aliphatic hydroxyl groups excluding tert-OH is 1. The number of rotatable bonds is 13. The van der Waals surface area contributed by atoms with Crippen LogP contribution in [0.3, 0.4) is 0 Å². The lowest BCUT2D eigenvalue weighted by Crippen LogP contribution is -2.51. The topological polar surface area (TPSA) is 163 Å². The van der Waals surface area contributed by atoms with Crippen LogP contribution in [0.4, 0.5) is 23.2 Å². The van der Waals surface area contributed by atoms with Gasteiger partial charge in [0.2, 0.25) is 0 Å². The fourth-order valence-electron chi connectivity index (χ4n) is 3.97. The molecule has 0 aliphatic heterocycles. The average Bonchev–Trinajstić information content (AvgIpc) is 2.95. The van der Waals surface area contributed by atoms with E-state index < -0.39 is 48.1 Å². The van der Waals surface area contributed by atoms with Gasteiger partial charge in [-0.25, -0.2) is 4.39 Å². The van der Waals surface area contributed by atoms with E-state index in [1.54, 1.807) is 0 Å². The summed E-state index contributed by atoms with van der Waals surface area (Å²) < 4.78 is 53.2. The molecule has 0 fully saturated rings. The van der Waals surface area contributed by atoms with Gasteiger partial charge >= 0.3 is 17.3 Å². The number of carbonyl (C=O) groups is 1. The maximum Gasteiger partial charge on any atom is 0.416 e. The van der Waals surface area contributed by atoms with Crippen molar-refractivity contribution in [3.8, 4) is 0 Å². The molecular weight excluding hydrogens is 632 g/mol. The quantitative estimate of drug-likeness (QED) is 0.0774. The molecule has 0 bridgehead atoms. The maximum absolute atomic E-state index is 13.5. The number of nitrogens with one attached hydrogen (secondary N) is 2. The summed E-state index contributed by atoms with van der Waals surface area (Å²) in [6.07, 6.45) is -1.77. The first kappa shape index (κ1) is 35.3. The molecule has 3 aromatic rings. The molecule has 0 spiro atoms. The first-order valence-corrected chi connectivity index (χ1v) is 14.0. The molecule has 15 heteroatoms. The smallest absolute Gasteiger partial charge is 0.394 e. The summed E-state index contributed by atoms with van der Waals surface area (Å²) in [4.78, 5) is 13.2. The zero-order valence-corrected chi connectivity index (χ0v) is 24.3. The van der Waals surface area contributed by atoms with Crippen molar-refractivity contribution in [1.82, 2.24) is 5.32 Å². The van der Waals surface area contributed by atoms with Crippen LogP contribution in [0.5, 0.6) is 0 Å². The molecule has 0 saturated carbocycles. The molecule has 3 rings (SSSR count). The van der Waals surface area contributed by atoms with E-state index in [0.29, 0.717) is 16.8 Å². The van der Waals surface area contributed by atoms with Crippen LogP contribution < -0.4 is 10.6 Å². The van der Waals surface area contributed by atoms with Crippen molar-refractivity contribution in [1.29, 1.82) is 0 Å². The Morgan fingerprint density at radius 1 is 0.977 bits per heavy atom. The number of amides is 1. The van der Waals surface area contributed by atoms with E-state index in [4.69, 9.17) is 26.9 Å². The van der Waals surface area contributed by atoms with Gasteiger partial charge in [-0.15, -0.1) is 0 Å². The number of aliphatic hydroxyl groups is 6. The van der Waals surface area contributed by atoms with Crippen molar-refractivity contribution in [2.45, 2.75) is 34.6 Å². The van der Waals surface area contributed by atoms with Crippen molar-refractivity contribution < 1.29 is 53.0 Å². The normalized spacial score (nSPS) is 13.2. The monoisotopic (exact) mass is 660 g/mol. The van der Waals surface area contributed by atoms with Gasteiger partial charge in [0.05, 0.1) is 18.2 Å². The molecular formula is C29H29ClF4N2O7S. The summed E-state index contributed by atoms with van der Waals surface area (Å²) in [6.45, 7) is -1.29. The van der Waals surface area contributed by atoms with Crippen molar-refractivity contribution in [2.24, 2.45) is 0 Å². The van der Waals surface area contributed by atoms with Gasteiger partial charge in [-0.1, -0.05) is 53.7 Å². The van der Waals surface area contributed by atoms with E-state index >= 15 is 0 Å². The van der Waals surface area contributed by atoms with E-state index in [1.165, 1.54) is 66.7 Å². The van der Waals surface area contributed by atoms with Gasteiger partial charge in [0.1, 0.15) is 6.67 Å². The first-order valence-electron chi connectivity index (χ1n) is 12.8. The molecule has 238 valence electrons. The standard InChI is InChI=1S/C29H29ClF4N2O7S/c30-21-8-4-17(23(15-21)27(32,33)34)2-1-3-19-14-20(7-11-24(19)35-13-12-31)26(38)36-25(16-37)18-5-9-22(10-6-18)44-29(42,43)28(39,40)41/h1,3-11,14-15,25,35,37,39-43H,2,12-13,16H2,(H,36,38)/b3-1+. The second kappa shape index (κ2) is 14.7.